The van der Waals surface area contributed by atoms with Crippen LogP contribution in [0.2, 0.25) is 0 Å². The smallest absolute Gasteiger partial charge is 0.124 e. The number of ether oxygens (including phenoxy) is 2. The van der Waals surface area contributed by atoms with Crippen LogP contribution in [-0.2, 0) is 4.74 Å². The molecule has 1 aromatic carbocycles. The molecule has 20 heavy (non-hydrogen) atoms. The van der Waals surface area contributed by atoms with Crippen LogP contribution in [0.1, 0.15) is 44.8 Å². The van der Waals surface area contributed by atoms with Crippen LogP contribution in [0.25, 0.3) is 0 Å². The molecule has 1 saturated carbocycles. The molecule has 1 aromatic rings. The van der Waals surface area contributed by atoms with Crippen molar-refractivity contribution < 1.29 is 9.47 Å². The van der Waals surface area contributed by atoms with E-state index >= 15 is 0 Å². The average Bonchev–Trinajstić information content (AvgIpc) is 2.48. The van der Waals surface area contributed by atoms with Gasteiger partial charge in [-0.1, -0.05) is 54.6 Å². The van der Waals surface area contributed by atoms with Crippen molar-refractivity contribution in [2.75, 3.05) is 11.5 Å². The lowest BCUT2D eigenvalue weighted by atomic mass is 9.80. The highest BCUT2D eigenvalue weighted by atomic mass is 127. The van der Waals surface area contributed by atoms with E-state index in [0.717, 1.165) is 22.0 Å². The first-order valence-corrected chi connectivity index (χ1v) is 9.02. The summed E-state index contributed by atoms with van der Waals surface area (Å²) in [6.07, 6.45) is 4.19. The van der Waals surface area contributed by atoms with Crippen LogP contribution in [0.5, 0.6) is 5.75 Å². The Kier molecular flexibility index (Phi) is 6.15. The Bertz CT molecular complexity index is 421. The standard InChI is InChI=1S/C17H25IO2/c1-12-8-9-14(10-13(12)2)20-17(11-18)15-6-4-5-7-16(15)19-3/h4-7,12-14,17H,8-11H2,1-3H3. The summed E-state index contributed by atoms with van der Waals surface area (Å²) < 4.78 is 12.8. The molecular weight excluding hydrogens is 363 g/mol. The second-order valence-electron chi connectivity index (χ2n) is 5.91. The Hall–Kier alpha value is -0.290. The van der Waals surface area contributed by atoms with Crippen LogP contribution in [0.15, 0.2) is 24.3 Å². The molecule has 0 amide bonds. The van der Waals surface area contributed by atoms with Gasteiger partial charge in [-0.15, -0.1) is 0 Å². The zero-order chi connectivity index (χ0) is 14.5. The maximum atomic E-state index is 6.40. The number of halogens is 1. The summed E-state index contributed by atoms with van der Waals surface area (Å²) in [6, 6.07) is 8.21. The molecule has 1 aliphatic carbocycles. The van der Waals surface area contributed by atoms with Crippen molar-refractivity contribution in [2.24, 2.45) is 11.8 Å². The van der Waals surface area contributed by atoms with Gasteiger partial charge in [-0.3, -0.25) is 0 Å². The van der Waals surface area contributed by atoms with Gasteiger partial charge in [-0.05, 0) is 37.2 Å². The lowest BCUT2D eigenvalue weighted by Crippen LogP contribution is -2.28. The maximum absolute atomic E-state index is 6.40. The van der Waals surface area contributed by atoms with Crippen LogP contribution < -0.4 is 4.74 Å². The van der Waals surface area contributed by atoms with Gasteiger partial charge in [0.25, 0.3) is 0 Å². The second-order valence-corrected chi connectivity index (χ2v) is 6.79. The summed E-state index contributed by atoms with van der Waals surface area (Å²) in [7, 11) is 1.73. The fourth-order valence-electron chi connectivity index (χ4n) is 2.98. The summed E-state index contributed by atoms with van der Waals surface area (Å²) in [5.41, 5.74) is 1.18. The number of hydrogen-bond acceptors (Lipinski definition) is 2. The Morgan fingerprint density at radius 3 is 2.60 bits per heavy atom. The van der Waals surface area contributed by atoms with Crippen LogP contribution in [0.4, 0.5) is 0 Å². The first kappa shape index (κ1) is 16.1. The van der Waals surface area contributed by atoms with Gasteiger partial charge in [0.15, 0.2) is 0 Å². The van der Waals surface area contributed by atoms with Crippen LogP contribution >= 0.6 is 22.6 Å². The van der Waals surface area contributed by atoms with Crippen molar-refractivity contribution in [1.29, 1.82) is 0 Å². The van der Waals surface area contributed by atoms with E-state index in [1.54, 1.807) is 7.11 Å². The predicted octanol–water partition coefficient (Wildman–Crippen LogP) is 5.01. The SMILES string of the molecule is COc1ccccc1C(CI)OC1CCC(C)C(C)C1. The lowest BCUT2D eigenvalue weighted by Gasteiger charge is -2.34. The van der Waals surface area contributed by atoms with Crippen molar-refractivity contribution >= 4 is 22.6 Å². The molecule has 3 heteroatoms. The highest BCUT2D eigenvalue weighted by Crippen LogP contribution is 2.36. The quantitative estimate of drug-likeness (QED) is 0.521. The average molecular weight is 388 g/mol. The molecule has 2 nitrogen and oxygen atoms in total. The second kappa shape index (κ2) is 7.64. The van der Waals surface area contributed by atoms with Crippen LogP contribution in [-0.4, -0.2) is 17.6 Å². The Morgan fingerprint density at radius 1 is 1.20 bits per heavy atom. The molecule has 0 aliphatic heterocycles. The minimum absolute atomic E-state index is 0.136. The lowest BCUT2D eigenvalue weighted by molar-refractivity contribution is -0.0384. The first-order valence-electron chi connectivity index (χ1n) is 7.50. The van der Waals surface area contributed by atoms with Gasteiger partial charge >= 0.3 is 0 Å². The minimum atomic E-state index is 0.136. The van der Waals surface area contributed by atoms with Crippen molar-refractivity contribution in [3.8, 4) is 5.75 Å². The number of benzene rings is 1. The highest BCUT2D eigenvalue weighted by Gasteiger charge is 2.28. The van der Waals surface area contributed by atoms with E-state index in [1.165, 1.54) is 24.8 Å². The van der Waals surface area contributed by atoms with Gasteiger partial charge in [-0.25, -0.2) is 0 Å². The molecule has 0 bridgehead atoms. The van der Waals surface area contributed by atoms with Gasteiger partial charge in [0, 0.05) is 9.99 Å². The van der Waals surface area contributed by atoms with E-state index in [2.05, 4.69) is 48.6 Å². The fraction of sp³-hybridized carbons (Fsp3) is 0.647. The molecule has 0 spiro atoms. The molecule has 4 atom stereocenters. The zero-order valence-electron chi connectivity index (χ0n) is 12.6. The first-order chi connectivity index (χ1) is 9.65. The molecule has 112 valence electrons. The molecule has 4 unspecified atom stereocenters. The molecule has 1 fully saturated rings. The van der Waals surface area contributed by atoms with E-state index in [1.807, 2.05) is 12.1 Å². The zero-order valence-corrected chi connectivity index (χ0v) is 14.8. The summed E-state index contributed by atoms with van der Waals surface area (Å²) in [4.78, 5) is 0. The van der Waals surface area contributed by atoms with Gasteiger partial charge in [0.2, 0.25) is 0 Å². The Labute approximate surface area is 136 Å². The van der Waals surface area contributed by atoms with Crippen molar-refractivity contribution in [3.63, 3.8) is 0 Å². The van der Waals surface area contributed by atoms with E-state index in [4.69, 9.17) is 9.47 Å². The highest BCUT2D eigenvalue weighted by molar-refractivity contribution is 14.1. The molecule has 2 rings (SSSR count). The molecule has 0 aromatic heterocycles. The Balaban J connectivity index is 2.05. The van der Waals surface area contributed by atoms with Crippen LogP contribution in [0.3, 0.4) is 0 Å². The monoisotopic (exact) mass is 388 g/mol. The number of alkyl halides is 1. The van der Waals surface area contributed by atoms with Crippen LogP contribution in [0, 0.1) is 11.8 Å². The number of hydrogen-bond donors (Lipinski definition) is 0. The summed E-state index contributed by atoms with van der Waals surface area (Å²) in [5, 5.41) is 0. The number of methoxy groups -OCH3 is 1. The van der Waals surface area contributed by atoms with E-state index in [-0.39, 0.29) is 6.10 Å². The third kappa shape index (κ3) is 3.88. The largest absolute Gasteiger partial charge is 0.496 e. The summed E-state index contributed by atoms with van der Waals surface area (Å²) in [5.74, 6) is 2.53. The normalized spacial score (nSPS) is 28.1. The summed E-state index contributed by atoms with van der Waals surface area (Å²) in [6.45, 7) is 4.71. The third-order valence-corrected chi connectivity index (χ3v) is 5.33. The van der Waals surface area contributed by atoms with Gasteiger partial charge in [0.1, 0.15) is 5.75 Å². The van der Waals surface area contributed by atoms with Gasteiger partial charge in [0.05, 0.1) is 19.3 Å². The van der Waals surface area contributed by atoms with Crippen molar-refractivity contribution in [3.05, 3.63) is 29.8 Å². The third-order valence-electron chi connectivity index (χ3n) is 4.53. The number of para-hydroxylation sites is 1. The maximum Gasteiger partial charge on any atom is 0.124 e. The Morgan fingerprint density at radius 2 is 1.95 bits per heavy atom. The van der Waals surface area contributed by atoms with E-state index in [9.17, 15) is 0 Å². The molecule has 0 saturated heterocycles. The molecule has 0 heterocycles. The molecular formula is C17H25IO2. The minimum Gasteiger partial charge on any atom is -0.496 e. The fourth-order valence-corrected chi connectivity index (χ4v) is 3.66. The topological polar surface area (TPSA) is 18.5 Å². The van der Waals surface area contributed by atoms with Gasteiger partial charge in [-0.2, -0.15) is 0 Å². The molecule has 1 aliphatic rings. The van der Waals surface area contributed by atoms with Crippen molar-refractivity contribution in [2.45, 2.75) is 45.3 Å². The number of rotatable bonds is 5. The predicted molar refractivity (Wildman–Crippen MR) is 91.7 cm³/mol. The summed E-state index contributed by atoms with van der Waals surface area (Å²) >= 11 is 2.41. The van der Waals surface area contributed by atoms with E-state index in [0.29, 0.717) is 6.10 Å². The van der Waals surface area contributed by atoms with E-state index < -0.39 is 0 Å². The molecule has 0 N–H and O–H groups in total. The van der Waals surface area contributed by atoms with Gasteiger partial charge < -0.3 is 9.47 Å². The van der Waals surface area contributed by atoms with Crippen molar-refractivity contribution in [1.82, 2.24) is 0 Å². The molecule has 0 radical (unpaired) electrons.